The van der Waals surface area contributed by atoms with E-state index < -0.39 is 12.3 Å². The minimum absolute atomic E-state index is 0.173. The van der Waals surface area contributed by atoms with Crippen LogP contribution < -0.4 is 15.4 Å². The van der Waals surface area contributed by atoms with Crippen LogP contribution >= 0.6 is 0 Å². The first-order chi connectivity index (χ1) is 15.1. The van der Waals surface area contributed by atoms with Crippen LogP contribution in [0.3, 0.4) is 0 Å². The van der Waals surface area contributed by atoms with Gasteiger partial charge in [0.25, 0.3) is 5.91 Å². The van der Waals surface area contributed by atoms with Gasteiger partial charge in [-0.2, -0.15) is 0 Å². The molecule has 9 heteroatoms. The fourth-order valence-corrected chi connectivity index (χ4v) is 4.09. The number of benzene rings is 1. The number of alkyl halides is 3. The number of hydrogen-bond donors (Lipinski definition) is 2. The second-order valence-corrected chi connectivity index (χ2v) is 8.43. The van der Waals surface area contributed by atoms with Gasteiger partial charge in [-0.3, -0.25) is 4.79 Å². The highest BCUT2D eigenvalue weighted by molar-refractivity contribution is 5.96. The van der Waals surface area contributed by atoms with Gasteiger partial charge in [-0.1, -0.05) is 26.0 Å². The normalized spacial score (nSPS) is 15.3. The summed E-state index contributed by atoms with van der Waals surface area (Å²) >= 11 is 0. The molecule has 3 N–H and O–H groups in total. The maximum atomic E-state index is 12.5. The van der Waals surface area contributed by atoms with Crippen molar-refractivity contribution < 1.29 is 27.8 Å². The monoisotopic (exact) mass is 451 g/mol. The number of ether oxygens (including phenoxy) is 1. The maximum Gasteiger partial charge on any atom is 0.573 e. The van der Waals surface area contributed by atoms with Gasteiger partial charge in [0.05, 0.1) is 17.9 Å². The minimum Gasteiger partial charge on any atom is -0.406 e. The second-order valence-electron chi connectivity index (χ2n) is 8.43. The zero-order valence-electron chi connectivity index (χ0n) is 18.2. The van der Waals surface area contributed by atoms with Gasteiger partial charge in [0, 0.05) is 24.6 Å². The standard InChI is InChI=1S/C23H28F3N3O3/c1-14(2)11-16(13-30)20-19(21(27)31)12-18(22(28-20)29-9-3-4-10-29)15-5-7-17(8-6-15)32-23(24,25)26/h5-8,12,14,16,30H,3-4,9-11,13H2,1-2H3,(H2,27,31)/t16-/m0/s1. The van der Waals surface area contributed by atoms with Gasteiger partial charge >= 0.3 is 6.36 Å². The summed E-state index contributed by atoms with van der Waals surface area (Å²) in [4.78, 5) is 19.2. The predicted octanol–water partition coefficient (Wildman–Crippen LogP) is 4.47. The van der Waals surface area contributed by atoms with Crippen LogP contribution in [-0.4, -0.2) is 42.1 Å². The lowest BCUT2D eigenvalue weighted by molar-refractivity contribution is -0.274. The Bertz CT molecular complexity index is 940. The number of primary amides is 1. The van der Waals surface area contributed by atoms with Crippen LogP contribution in [0, 0.1) is 5.92 Å². The van der Waals surface area contributed by atoms with Crippen LogP contribution in [0.5, 0.6) is 5.75 Å². The highest BCUT2D eigenvalue weighted by atomic mass is 19.4. The fraction of sp³-hybridized carbons (Fsp3) is 0.478. The van der Waals surface area contributed by atoms with Crippen molar-refractivity contribution >= 4 is 11.7 Å². The average Bonchev–Trinajstić information content (AvgIpc) is 3.25. The highest BCUT2D eigenvalue weighted by Crippen LogP contribution is 2.37. The SMILES string of the molecule is CC(C)C[C@@H](CO)c1nc(N2CCCC2)c(-c2ccc(OC(F)(F)F)cc2)cc1C(N)=O. The second kappa shape index (κ2) is 9.77. The summed E-state index contributed by atoms with van der Waals surface area (Å²) in [7, 11) is 0. The van der Waals surface area contributed by atoms with Gasteiger partial charge < -0.3 is 20.5 Å². The van der Waals surface area contributed by atoms with Crippen molar-refractivity contribution in [3.63, 3.8) is 0 Å². The van der Waals surface area contributed by atoms with E-state index in [2.05, 4.69) is 9.64 Å². The zero-order valence-corrected chi connectivity index (χ0v) is 18.2. The third-order valence-corrected chi connectivity index (χ3v) is 5.46. The van der Waals surface area contributed by atoms with E-state index in [9.17, 15) is 23.1 Å². The first-order valence-corrected chi connectivity index (χ1v) is 10.7. The van der Waals surface area contributed by atoms with Gasteiger partial charge in [0.1, 0.15) is 11.6 Å². The van der Waals surface area contributed by atoms with Gasteiger partial charge in [0.15, 0.2) is 0 Å². The fourth-order valence-electron chi connectivity index (χ4n) is 4.09. The molecule has 1 aliphatic rings. The Morgan fingerprint density at radius 1 is 1.22 bits per heavy atom. The molecule has 1 aliphatic heterocycles. The number of pyridine rings is 1. The quantitative estimate of drug-likeness (QED) is 0.618. The molecule has 1 saturated heterocycles. The first-order valence-electron chi connectivity index (χ1n) is 10.7. The van der Waals surface area contributed by atoms with Crippen LogP contribution in [0.1, 0.15) is 55.1 Å². The number of nitrogens with zero attached hydrogens (tertiary/aromatic N) is 2. The van der Waals surface area contributed by atoms with Crippen molar-refractivity contribution in [2.24, 2.45) is 11.7 Å². The van der Waals surface area contributed by atoms with Crippen molar-refractivity contribution in [3.05, 3.63) is 41.6 Å². The topological polar surface area (TPSA) is 88.7 Å². The smallest absolute Gasteiger partial charge is 0.406 e. The molecule has 0 spiro atoms. The van der Waals surface area contributed by atoms with Gasteiger partial charge in [-0.15, -0.1) is 13.2 Å². The van der Waals surface area contributed by atoms with Crippen LogP contribution in [-0.2, 0) is 0 Å². The number of hydrogen-bond acceptors (Lipinski definition) is 5. The molecule has 1 amide bonds. The van der Waals surface area contributed by atoms with E-state index in [0.717, 1.165) is 25.9 Å². The third-order valence-electron chi connectivity index (χ3n) is 5.46. The molecule has 0 saturated carbocycles. The van der Waals surface area contributed by atoms with Crippen LogP contribution in [0.25, 0.3) is 11.1 Å². The Balaban J connectivity index is 2.12. The first kappa shape index (κ1) is 23.8. The molecule has 0 radical (unpaired) electrons. The number of carbonyl (C=O) groups is 1. The molecule has 3 rings (SSSR count). The van der Waals surface area contributed by atoms with Crippen molar-refractivity contribution in [1.29, 1.82) is 0 Å². The molecule has 1 fully saturated rings. The number of aliphatic hydroxyl groups excluding tert-OH is 1. The molecule has 174 valence electrons. The number of amides is 1. The van der Waals surface area contributed by atoms with Gasteiger partial charge in [-0.05, 0) is 48.9 Å². The Kier molecular flexibility index (Phi) is 7.28. The Morgan fingerprint density at radius 3 is 2.34 bits per heavy atom. The Morgan fingerprint density at radius 2 is 1.84 bits per heavy atom. The number of carbonyl (C=O) groups excluding carboxylic acids is 1. The highest BCUT2D eigenvalue weighted by Gasteiger charge is 2.31. The molecular weight excluding hydrogens is 423 g/mol. The lowest BCUT2D eigenvalue weighted by atomic mass is 9.90. The van der Waals surface area contributed by atoms with E-state index in [-0.39, 0.29) is 29.8 Å². The van der Waals surface area contributed by atoms with Crippen LogP contribution in [0.4, 0.5) is 19.0 Å². The van der Waals surface area contributed by atoms with Crippen LogP contribution in [0.2, 0.25) is 0 Å². The molecule has 1 atom stereocenters. The number of aromatic nitrogens is 1. The molecule has 1 aromatic carbocycles. The number of anilines is 1. The lowest BCUT2D eigenvalue weighted by Crippen LogP contribution is -2.25. The summed E-state index contributed by atoms with van der Waals surface area (Å²) in [5.41, 5.74) is 7.52. The predicted molar refractivity (Wildman–Crippen MR) is 116 cm³/mol. The van der Waals surface area contributed by atoms with Crippen molar-refractivity contribution in [3.8, 4) is 16.9 Å². The summed E-state index contributed by atoms with van der Waals surface area (Å²) in [6.07, 6.45) is -2.17. The van der Waals surface area contributed by atoms with E-state index in [0.29, 0.717) is 29.1 Å². The molecule has 2 heterocycles. The molecular formula is C23H28F3N3O3. The molecule has 0 unspecified atom stereocenters. The molecule has 1 aromatic heterocycles. The maximum absolute atomic E-state index is 12.5. The summed E-state index contributed by atoms with van der Waals surface area (Å²) < 4.78 is 41.5. The van der Waals surface area contributed by atoms with Gasteiger partial charge in [0.2, 0.25) is 0 Å². The Labute approximate surface area is 185 Å². The largest absolute Gasteiger partial charge is 0.573 e. The zero-order chi connectivity index (χ0) is 23.5. The number of nitrogens with two attached hydrogens (primary N) is 1. The summed E-state index contributed by atoms with van der Waals surface area (Å²) in [5.74, 6) is -0.447. The van der Waals surface area contributed by atoms with Crippen molar-refractivity contribution in [2.75, 3.05) is 24.6 Å². The third kappa shape index (κ3) is 5.70. The van der Waals surface area contributed by atoms with E-state index in [1.165, 1.54) is 24.3 Å². The summed E-state index contributed by atoms with van der Waals surface area (Å²) in [6, 6.07) is 7.09. The number of rotatable bonds is 8. The van der Waals surface area contributed by atoms with E-state index in [1.807, 2.05) is 13.8 Å². The van der Waals surface area contributed by atoms with Crippen molar-refractivity contribution in [1.82, 2.24) is 4.98 Å². The minimum atomic E-state index is -4.78. The Hall–Kier alpha value is -2.81. The molecule has 0 bridgehead atoms. The van der Waals surface area contributed by atoms with Crippen LogP contribution in [0.15, 0.2) is 30.3 Å². The lowest BCUT2D eigenvalue weighted by Gasteiger charge is -2.25. The van der Waals surface area contributed by atoms with E-state index in [1.54, 1.807) is 6.07 Å². The molecule has 6 nitrogen and oxygen atoms in total. The molecule has 2 aromatic rings. The molecule has 32 heavy (non-hydrogen) atoms. The van der Waals surface area contributed by atoms with E-state index >= 15 is 0 Å². The van der Waals surface area contributed by atoms with Gasteiger partial charge in [-0.25, -0.2) is 4.98 Å². The number of halogens is 3. The average molecular weight is 451 g/mol. The van der Waals surface area contributed by atoms with Crippen molar-refractivity contribution in [2.45, 2.75) is 45.4 Å². The van der Waals surface area contributed by atoms with E-state index in [4.69, 9.17) is 10.7 Å². The summed E-state index contributed by atoms with van der Waals surface area (Å²) in [5, 5.41) is 9.99. The molecule has 0 aliphatic carbocycles. The summed E-state index contributed by atoms with van der Waals surface area (Å²) in [6.45, 7) is 5.42. The number of aliphatic hydroxyl groups is 1.